The van der Waals surface area contributed by atoms with Gasteiger partial charge in [0.1, 0.15) is 35.9 Å². The monoisotopic (exact) mass is 508 g/mol. The molecule has 2 aromatic rings. The van der Waals surface area contributed by atoms with Crippen LogP contribution in [0, 0.1) is 0 Å². The third kappa shape index (κ3) is 5.32. The smallest absolute Gasteiger partial charge is 0.416 e. The Labute approximate surface area is 204 Å². The summed E-state index contributed by atoms with van der Waals surface area (Å²) in [5, 5.41) is 0. The number of benzene rings is 2. The summed E-state index contributed by atoms with van der Waals surface area (Å²) >= 11 is 5.79. The highest BCUT2D eigenvalue weighted by atomic mass is 32.5. The van der Waals surface area contributed by atoms with Crippen LogP contribution in [0.25, 0.3) is 0 Å². The molecule has 3 heterocycles. The van der Waals surface area contributed by atoms with Gasteiger partial charge in [0.05, 0.1) is 6.61 Å². The molecule has 0 spiro atoms. The quantitative estimate of drug-likeness (QED) is 0.491. The molecule has 2 aromatic carbocycles. The summed E-state index contributed by atoms with van der Waals surface area (Å²) in [6.07, 6.45) is -2.39. The molecule has 5 atom stereocenters. The Morgan fingerprint density at radius 2 is 1.24 bits per heavy atom. The van der Waals surface area contributed by atoms with Crippen LogP contribution in [-0.4, -0.2) is 48.9 Å². The van der Waals surface area contributed by atoms with Crippen LogP contribution in [0.5, 0.6) is 11.5 Å². The van der Waals surface area contributed by atoms with Gasteiger partial charge in [0.15, 0.2) is 17.9 Å². The minimum Gasteiger partial charge on any atom is -0.416 e. The van der Waals surface area contributed by atoms with Crippen molar-refractivity contribution in [2.75, 3.05) is 6.61 Å². The van der Waals surface area contributed by atoms with Crippen molar-refractivity contribution in [1.29, 1.82) is 0 Å². The van der Waals surface area contributed by atoms with Gasteiger partial charge in [-0.1, -0.05) is 36.4 Å². The minimum absolute atomic E-state index is 0.0601. The highest BCUT2D eigenvalue weighted by Gasteiger charge is 2.60. The first kappa shape index (κ1) is 24.2. The Balaban J connectivity index is 1.36. The summed E-state index contributed by atoms with van der Waals surface area (Å²) in [6.45, 7) is 4.21. The zero-order valence-corrected chi connectivity index (χ0v) is 21.2. The maximum absolute atomic E-state index is 6.23. The number of hydrogen-bond acceptors (Lipinski definition) is 9. The van der Waals surface area contributed by atoms with Crippen LogP contribution in [-0.2, 0) is 40.0 Å². The highest BCUT2D eigenvalue weighted by molar-refractivity contribution is 8.07. The molecule has 8 nitrogen and oxygen atoms in total. The lowest BCUT2D eigenvalue weighted by molar-refractivity contribution is -0.238. The van der Waals surface area contributed by atoms with Crippen LogP contribution in [0.4, 0.5) is 0 Å². The van der Waals surface area contributed by atoms with Gasteiger partial charge < -0.3 is 32.7 Å². The predicted molar refractivity (Wildman–Crippen MR) is 127 cm³/mol. The van der Waals surface area contributed by atoms with Crippen molar-refractivity contribution >= 4 is 18.5 Å². The number of ether oxygens (including phenoxy) is 5. The van der Waals surface area contributed by atoms with E-state index in [1.165, 1.54) is 0 Å². The third-order valence-electron chi connectivity index (χ3n) is 5.57. The highest BCUT2D eigenvalue weighted by Crippen LogP contribution is 2.51. The number of fused-ring (bicyclic) bond motifs is 3. The van der Waals surface area contributed by atoms with Gasteiger partial charge in [0.25, 0.3) is 0 Å². The molecular formula is C24H29O8PS. The molecule has 0 aromatic heterocycles. The first-order valence-corrected chi connectivity index (χ1v) is 13.8. The first-order valence-electron chi connectivity index (χ1n) is 11.2. The summed E-state index contributed by atoms with van der Waals surface area (Å²) in [7, 11) is 0. The second kappa shape index (κ2) is 9.15. The second-order valence-corrected chi connectivity index (χ2v) is 12.1. The van der Waals surface area contributed by atoms with Crippen molar-refractivity contribution in [2.45, 2.75) is 70.0 Å². The molecule has 0 saturated carbocycles. The van der Waals surface area contributed by atoms with E-state index in [-0.39, 0.29) is 12.7 Å². The van der Waals surface area contributed by atoms with Crippen molar-refractivity contribution in [3.63, 3.8) is 0 Å². The molecule has 0 bridgehead atoms. The molecule has 0 radical (unpaired) electrons. The van der Waals surface area contributed by atoms with Gasteiger partial charge in [-0.15, -0.1) is 0 Å². The maximum atomic E-state index is 6.23. The fraction of sp³-hybridized carbons (Fsp3) is 0.500. The van der Waals surface area contributed by atoms with Gasteiger partial charge in [-0.2, -0.15) is 0 Å². The van der Waals surface area contributed by atoms with E-state index in [0.717, 1.165) is 0 Å². The van der Waals surface area contributed by atoms with E-state index in [9.17, 15) is 0 Å². The van der Waals surface area contributed by atoms with Gasteiger partial charge in [0.2, 0.25) is 0 Å². The summed E-state index contributed by atoms with van der Waals surface area (Å²) in [5.74, 6) is -0.489. The second-order valence-electron chi connectivity index (χ2n) is 9.26. The summed E-state index contributed by atoms with van der Waals surface area (Å²) in [5.41, 5.74) is 0. The lowest BCUT2D eigenvalue weighted by Gasteiger charge is -2.37. The van der Waals surface area contributed by atoms with E-state index in [1.54, 1.807) is 24.3 Å². The molecule has 3 fully saturated rings. The third-order valence-corrected chi connectivity index (χ3v) is 7.67. The Kier molecular flexibility index (Phi) is 6.50. The zero-order valence-electron chi connectivity index (χ0n) is 19.5. The normalized spacial score (nSPS) is 31.5. The summed E-state index contributed by atoms with van der Waals surface area (Å²) < 4.78 is 48.9. The van der Waals surface area contributed by atoms with E-state index in [2.05, 4.69) is 0 Å². The molecule has 0 amide bonds. The van der Waals surface area contributed by atoms with Crippen LogP contribution in [0.3, 0.4) is 0 Å². The van der Waals surface area contributed by atoms with Crippen molar-refractivity contribution in [3.05, 3.63) is 60.7 Å². The van der Waals surface area contributed by atoms with Gasteiger partial charge >= 0.3 is 6.72 Å². The first-order chi connectivity index (χ1) is 16.1. The lowest BCUT2D eigenvalue weighted by Crippen LogP contribution is -2.56. The molecule has 3 saturated heterocycles. The lowest BCUT2D eigenvalue weighted by atomic mass is 9.99. The number of hydrogen-bond donors (Lipinski definition) is 0. The number of para-hydroxylation sites is 2. The molecule has 10 heteroatoms. The fourth-order valence-corrected chi connectivity index (χ4v) is 6.22. The van der Waals surface area contributed by atoms with E-state index >= 15 is 0 Å². The molecule has 0 N–H and O–H groups in total. The largest absolute Gasteiger partial charge is 0.435 e. The molecule has 5 rings (SSSR count). The number of rotatable bonds is 7. The summed E-state index contributed by atoms with van der Waals surface area (Å²) in [4.78, 5) is 0. The van der Waals surface area contributed by atoms with Gasteiger partial charge in [0, 0.05) is 11.8 Å². The van der Waals surface area contributed by atoms with Crippen molar-refractivity contribution in [3.8, 4) is 11.5 Å². The van der Waals surface area contributed by atoms with Crippen LogP contribution < -0.4 is 9.05 Å². The standard InChI is InChI=1S/C24H29O8PS/c1-23(2)27-19-18(26-22-21(20(19)28-23)29-24(3,4)30-22)15-25-33(34,31-16-11-7-5-8-12-16)32-17-13-9-6-10-14-17/h5-14,18-22H,15H2,1-4H3/t18-,19-,20-,21+,22+/m1/s1. The average molecular weight is 509 g/mol. The van der Waals surface area contributed by atoms with Crippen LogP contribution >= 0.6 is 6.72 Å². The van der Waals surface area contributed by atoms with Gasteiger partial charge in [-0.3, -0.25) is 4.52 Å². The molecule has 3 aliphatic rings. The SMILES string of the molecule is CC1(C)O[C@@H]2O[C@H](COP(=S)(Oc3ccccc3)Oc3ccccc3)[C@H]3OC(C)(C)O[C@H]3[C@@H]2O1. The van der Waals surface area contributed by atoms with Crippen molar-refractivity contribution < 1.29 is 37.3 Å². The van der Waals surface area contributed by atoms with E-state index in [0.29, 0.717) is 11.5 Å². The predicted octanol–water partition coefficient (Wildman–Crippen LogP) is 4.78. The van der Waals surface area contributed by atoms with E-state index in [4.69, 9.17) is 49.1 Å². The minimum atomic E-state index is -3.27. The molecule has 0 aliphatic carbocycles. The van der Waals surface area contributed by atoms with Crippen LogP contribution in [0.2, 0.25) is 0 Å². The van der Waals surface area contributed by atoms with Crippen molar-refractivity contribution in [2.24, 2.45) is 0 Å². The van der Waals surface area contributed by atoms with Crippen LogP contribution in [0.15, 0.2) is 60.7 Å². The van der Waals surface area contributed by atoms with E-state index in [1.807, 2.05) is 64.1 Å². The van der Waals surface area contributed by atoms with Crippen molar-refractivity contribution in [1.82, 2.24) is 0 Å². The Morgan fingerprint density at radius 3 is 1.82 bits per heavy atom. The zero-order chi connectivity index (χ0) is 24.0. The molecule has 3 aliphatic heterocycles. The topological polar surface area (TPSA) is 73.8 Å². The summed E-state index contributed by atoms with van der Waals surface area (Å²) in [6, 6.07) is 18.4. The molecule has 34 heavy (non-hydrogen) atoms. The average Bonchev–Trinajstić information content (AvgIpc) is 3.27. The molecule has 184 valence electrons. The Morgan fingerprint density at radius 1 is 0.735 bits per heavy atom. The molecular weight excluding hydrogens is 479 g/mol. The van der Waals surface area contributed by atoms with Gasteiger partial charge in [-0.05, 0) is 52.0 Å². The van der Waals surface area contributed by atoms with Crippen LogP contribution in [0.1, 0.15) is 27.7 Å². The Hall–Kier alpha value is -1.55. The Bertz CT molecular complexity index is 988. The fourth-order valence-electron chi connectivity index (χ4n) is 4.28. The molecule has 0 unspecified atom stereocenters. The van der Waals surface area contributed by atoms with E-state index < -0.39 is 42.9 Å². The maximum Gasteiger partial charge on any atom is 0.435 e. The van der Waals surface area contributed by atoms with Gasteiger partial charge in [-0.25, -0.2) is 0 Å².